The number of aryl methyl sites for hydroxylation is 1. The van der Waals surface area contributed by atoms with Gasteiger partial charge in [0.1, 0.15) is 5.69 Å². The lowest BCUT2D eigenvalue weighted by molar-refractivity contribution is 0.0720. The summed E-state index contributed by atoms with van der Waals surface area (Å²) in [5, 5.41) is 0. The Bertz CT molecular complexity index is 694. The molecule has 0 aromatic carbocycles. The van der Waals surface area contributed by atoms with E-state index in [1.165, 1.54) is 0 Å². The van der Waals surface area contributed by atoms with Gasteiger partial charge in [-0.2, -0.15) is 0 Å². The largest absolute Gasteiger partial charge is 0.347 e. The van der Waals surface area contributed by atoms with Gasteiger partial charge in [-0.05, 0) is 45.1 Å². The normalized spacial score (nSPS) is 17.9. The highest BCUT2D eigenvalue weighted by Gasteiger charge is 2.33. The van der Waals surface area contributed by atoms with E-state index in [0.29, 0.717) is 5.69 Å². The van der Waals surface area contributed by atoms with E-state index < -0.39 is 0 Å². The maximum Gasteiger partial charge on any atom is 0.271 e. The molecule has 0 aliphatic carbocycles. The summed E-state index contributed by atoms with van der Waals surface area (Å²) in [6.07, 6.45) is 5.60. The summed E-state index contributed by atoms with van der Waals surface area (Å²) in [6.45, 7) is 1.53. The molecule has 0 saturated carbocycles. The quantitative estimate of drug-likeness (QED) is 0.864. The number of carbonyl (C=O) groups is 1. The average molecular weight is 313 g/mol. The number of carbonyl (C=O) groups excluding carboxylic acids is 1. The van der Waals surface area contributed by atoms with Crippen LogP contribution >= 0.6 is 0 Å². The molecule has 0 spiro atoms. The third kappa shape index (κ3) is 3.27. The molecule has 0 bridgehead atoms. The molecular formula is C17H23N5O. The van der Waals surface area contributed by atoms with Crippen LogP contribution in [-0.2, 0) is 13.6 Å². The van der Waals surface area contributed by atoms with Gasteiger partial charge in [0.15, 0.2) is 5.82 Å². The van der Waals surface area contributed by atoms with Crippen molar-refractivity contribution in [3.63, 3.8) is 0 Å². The first-order valence-electron chi connectivity index (χ1n) is 7.95. The van der Waals surface area contributed by atoms with Crippen molar-refractivity contribution in [2.24, 2.45) is 7.05 Å². The standard InChI is InChI=1S/C17H23N5O/c1-20(2)12-13-8-9-18-16(19-13)14-6-5-11-22(14)17(23)15-7-4-10-21(15)3/h4,7-10,14H,5-6,11-12H2,1-3H3/t14-/m0/s1. The molecule has 6 nitrogen and oxygen atoms in total. The average Bonchev–Trinajstić information content (AvgIpc) is 3.15. The van der Waals surface area contributed by atoms with Gasteiger partial charge in [-0.25, -0.2) is 9.97 Å². The topological polar surface area (TPSA) is 54.3 Å². The van der Waals surface area contributed by atoms with Crippen LogP contribution in [0.2, 0.25) is 0 Å². The minimum Gasteiger partial charge on any atom is -0.347 e. The first-order chi connectivity index (χ1) is 11.1. The predicted molar refractivity (Wildman–Crippen MR) is 87.8 cm³/mol. The van der Waals surface area contributed by atoms with E-state index in [0.717, 1.165) is 37.4 Å². The lowest BCUT2D eigenvalue weighted by Crippen LogP contribution is -2.32. The van der Waals surface area contributed by atoms with Gasteiger partial charge in [0.25, 0.3) is 5.91 Å². The fourth-order valence-electron chi connectivity index (χ4n) is 3.09. The Morgan fingerprint density at radius 3 is 2.91 bits per heavy atom. The number of hydrogen-bond donors (Lipinski definition) is 0. The number of rotatable bonds is 4. The third-order valence-corrected chi connectivity index (χ3v) is 4.18. The molecule has 2 aromatic rings. The number of nitrogens with zero attached hydrogens (tertiary/aromatic N) is 5. The van der Waals surface area contributed by atoms with Gasteiger partial charge in [0.05, 0.1) is 11.7 Å². The predicted octanol–water partition coefficient (Wildman–Crippen LogP) is 1.85. The number of amides is 1. The van der Waals surface area contributed by atoms with E-state index in [-0.39, 0.29) is 11.9 Å². The number of aromatic nitrogens is 3. The van der Waals surface area contributed by atoms with Crippen LogP contribution in [0.25, 0.3) is 0 Å². The molecule has 6 heteroatoms. The Morgan fingerprint density at radius 1 is 1.39 bits per heavy atom. The van der Waals surface area contributed by atoms with E-state index in [9.17, 15) is 4.79 Å². The molecule has 1 aliphatic heterocycles. The monoisotopic (exact) mass is 313 g/mol. The lowest BCUT2D eigenvalue weighted by Gasteiger charge is -2.24. The first-order valence-corrected chi connectivity index (χ1v) is 7.95. The highest BCUT2D eigenvalue weighted by molar-refractivity contribution is 5.93. The minimum absolute atomic E-state index is 0.0282. The zero-order chi connectivity index (χ0) is 16.4. The summed E-state index contributed by atoms with van der Waals surface area (Å²) in [4.78, 5) is 25.9. The molecular weight excluding hydrogens is 290 g/mol. The Kier molecular flexibility index (Phi) is 4.43. The van der Waals surface area contributed by atoms with Gasteiger partial charge in [-0.15, -0.1) is 0 Å². The van der Waals surface area contributed by atoms with Crippen molar-refractivity contribution >= 4 is 5.91 Å². The van der Waals surface area contributed by atoms with Gasteiger partial charge in [0, 0.05) is 32.5 Å². The molecule has 1 aliphatic rings. The maximum absolute atomic E-state index is 12.8. The summed E-state index contributed by atoms with van der Waals surface area (Å²) in [6, 6.07) is 5.66. The van der Waals surface area contributed by atoms with Crippen LogP contribution in [-0.4, -0.2) is 50.9 Å². The molecule has 1 atom stereocenters. The van der Waals surface area contributed by atoms with E-state index in [1.54, 1.807) is 6.20 Å². The Labute approximate surface area is 136 Å². The van der Waals surface area contributed by atoms with Gasteiger partial charge in [-0.3, -0.25) is 4.79 Å². The van der Waals surface area contributed by atoms with Crippen molar-refractivity contribution in [2.45, 2.75) is 25.4 Å². The van der Waals surface area contributed by atoms with Crippen LogP contribution in [0.1, 0.15) is 40.9 Å². The summed E-state index contributed by atoms with van der Waals surface area (Å²) in [7, 11) is 5.93. The van der Waals surface area contributed by atoms with Crippen LogP contribution in [0.4, 0.5) is 0 Å². The van der Waals surface area contributed by atoms with Gasteiger partial charge < -0.3 is 14.4 Å². The van der Waals surface area contributed by atoms with E-state index in [4.69, 9.17) is 0 Å². The fourth-order valence-corrected chi connectivity index (χ4v) is 3.09. The molecule has 3 rings (SSSR count). The molecule has 1 saturated heterocycles. The van der Waals surface area contributed by atoms with Crippen molar-refractivity contribution in [3.05, 3.63) is 47.8 Å². The number of likely N-dealkylation sites (tertiary alicyclic amines) is 1. The van der Waals surface area contributed by atoms with Crippen molar-refractivity contribution in [3.8, 4) is 0 Å². The SMILES string of the molecule is CN(C)Cc1ccnc([C@@H]2CCCN2C(=O)c2cccn2C)n1. The zero-order valence-electron chi connectivity index (χ0n) is 13.9. The van der Waals surface area contributed by atoms with Crippen LogP contribution in [0, 0.1) is 0 Å². The van der Waals surface area contributed by atoms with Gasteiger partial charge >= 0.3 is 0 Å². The van der Waals surface area contributed by atoms with E-state index in [1.807, 2.05) is 55.0 Å². The van der Waals surface area contributed by atoms with Crippen molar-refractivity contribution < 1.29 is 4.79 Å². The minimum atomic E-state index is -0.0282. The summed E-state index contributed by atoms with van der Waals surface area (Å²) >= 11 is 0. The third-order valence-electron chi connectivity index (χ3n) is 4.18. The summed E-state index contributed by atoms with van der Waals surface area (Å²) < 4.78 is 1.86. The zero-order valence-corrected chi connectivity index (χ0v) is 13.9. The Balaban J connectivity index is 1.84. The molecule has 122 valence electrons. The van der Waals surface area contributed by atoms with Crippen LogP contribution in [0.3, 0.4) is 0 Å². The van der Waals surface area contributed by atoms with Crippen molar-refractivity contribution in [1.82, 2.24) is 24.3 Å². The summed E-state index contributed by atoms with van der Waals surface area (Å²) in [5.74, 6) is 0.811. The van der Waals surface area contributed by atoms with E-state index >= 15 is 0 Å². The molecule has 0 radical (unpaired) electrons. The smallest absolute Gasteiger partial charge is 0.271 e. The molecule has 3 heterocycles. The highest BCUT2D eigenvalue weighted by Crippen LogP contribution is 2.31. The number of hydrogen-bond acceptors (Lipinski definition) is 4. The van der Waals surface area contributed by atoms with Crippen molar-refractivity contribution in [2.75, 3.05) is 20.6 Å². The summed E-state index contributed by atoms with van der Waals surface area (Å²) in [5.41, 5.74) is 1.69. The second kappa shape index (κ2) is 6.50. The first kappa shape index (κ1) is 15.7. The molecule has 0 unspecified atom stereocenters. The van der Waals surface area contributed by atoms with E-state index in [2.05, 4.69) is 14.9 Å². The maximum atomic E-state index is 12.8. The fraction of sp³-hybridized carbons (Fsp3) is 0.471. The molecule has 23 heavy (non-hydrogen) atoms. The van der Waals surface area contributed by atoms with Gasteiger partial charge in [0.2, 0.25) is 0 Å². The highest BCUT2D eigenvalue weighted by atomic mass is 16.2. The Morgan fingerprint density at radius 2 is 2.22 bits per heavy atom. The Hall–Kier alpha value is -2.21. The molecule has 1 amide bonds. The van der Waals surface area contributed by atoms with Crippen LogP contribution in [0.5, 0.6) is 0 Å². The second-order valence-corrected chi connectivity index (χ2v) is 6.30. The molecule has 1 fully saturated rings. The van der Waals surface area contributed by atoms with Crippen molar-refractivity contribution in [1.29, 1.82) is 0 Å². The van der Waals surface area contributed by atoms with Crippen LogP contribution in [0.15, 0.2) is 30.6 Å². The molecule has 2 aromatic heterocycles. The second-order valence-electron chi connectivity index (χ2n) is 6.30. The van der Waals surface area contributed by atoms with Crippen LogP contribution < -0.4 is 0 Å². The molecule has 0 N–H and O–H groups in total. The van der Waals surface area contributed by atoms with Gasteiger partial charge in [-0.1, -0.05) is 0 Å². The lowest BCUT2D eigenvalue weighted by atomic mass is 10.2.